The molecular weight excluding hydrogens is 200 g/mol. The number of hydrogen-bond donors (Lipinski definition) is 0. The number of aromatic nitrogens is 2. The molecule has 0 aliphatic carbocycles. The van der Waals surface area contributed by atoms with E-state index < -0.39 is 19.0 Å². The summed E-state index contributed by atoms with van der Waals surface area (Å²) in [7, 11) is 1.26. The molecule has 0 amide bonds. The Bertz CT molecular complexity index is 376. The van der Waals surface area contributed by atoms with Crippen LogP contribution < -0.4 is 10.3 Å². The molecule has 0 aromatic carbocycles. The third kappa shape index (κ3) is 2.79. The summed E-state index contributed by atoms with van der Waals surface area (Å²) in [5, 5.41) is 3.35. The molecule has 1 aromatic heterocycles. The minimum absolute atomic E-state index is 0.0235. The number of nitrogens with zero attached hydrogens (tertiary/aromatic N) is 2. The van der Waals surface area contributed by atoms with E-state index in [2.05, 4.69) is 9.84 Å². The first-order valence-corrected chi connectivity index (χ1v) is 3.75. The molecule has 0 atom stereocenters. The van der Waals surface area contributed by atoms with Gasteiger partial charge in [-0.2, -0.15) is 0 Å². The third-order valence-corrected chi connectivity index (χ3v) is 1.43. The van der Waals surface area contributed by atoms with Gasteiger partial charge in [-0.1, -0.05) is 0 Å². The zero-order chi connectivity index (χ0) is 10.8. The maximum absolute atomic E-state index is 12.0. The van der Waals surface area contributed by atoms with Crippen LogP contribution in [0.15, 0.2) is 16.9 Å². The average Bonchev–Trinajstić information content (AvgIpc) is 2.06. The predicted octanol–water partition coefficient (Wildman–Crippen LogP) is 0.638. The van der Waals surface area contributed by atoms with Crippen molar-refractivity contribution >= 4 is 6.98 Å². The molecule has 0 aliphatic heterocycles. The van der Waals surface area contributed by atoms with Crippen molar-refractivity contribution in [2.24, 2.45) is 0 Å². The van der Waals surface area contributed by atoms with Gasteiger partial charge in [-0.3, -0.25) is 9.48 Å². The van der Waals surface area contributed by atoms with Crippen LogP contribution in [0.3, 0.4) is 0 Å². The Hall–Kier alpha value is -1.47. The Morgan fingerprint density at radius 2 is 2.14 bits per heavy atom. The van der Waals surface area contributed by atoms with Crippen molar-refractivity contribution in [2.45, 2.75) is 6.44 Å². The summed E-state index contributed by atoms with van der Waals surface area (Å²) < 4.78 is 40.9. The van der Waals surface area contributed by atoms with Crippen molar-refractivity contribution in [2.75, 3.05) is 7.11 Å². The topological polar surface area (TPSA) is 44.1 Å². The van der Waals surface area contributed by atoms with Gasteiger partial charge in [-0.25, -0.2) is 0 Å². The molecule has 0 saturated carbocycles. The SMILES string of the molecule is COc1ccc(=O)n(C[B-](F)(F)F)n1. The Labute approximate surface area is 77.4 Å². The molecule has 1 heterocycles. The van der Waals surface area contributed by atoms with Crippen LogP contribution in [0.1, 0.15) is 0 Å². The van der Waals surface area contributed by atoms with Gasteiger partial charge in [0.2, 0.25) is 5.88 Å². The molecular formula is C6H7BF3N2O2-. The zero-order valence-corrected chi connectivity index (χ0v) is 7.28. The summed E-state index contributed by atoms with van der Waals surface area (Å²) in [5.41, 5.74) is -0.801. The number of methoxy groups -OCH3 is 1. The van der Waals surface area contributed by atoms with E-state index in [0.29, 0.717) is 4.68 Å². The van der Waals surface area contributed by atoms with E-state index >= 15 is 0 Å². The molecule has 0 aliphatic rings. The molecule has 0 unspecified atom stereocenters. The molecule has 0 radical (unpaired) electrons. The quantitative estimate of drug-likeness (QED) is 0.683. The van der Waals surface area contributed by atoms with Crippen molar-refractivity contribution in [1.29, 1.82) is 0 Å². The van der Waals surface area contributed by atoms with E-state index in [1.807, 2.05) is 0 Å². The molecule has 1 rings (SSSR count). The first-order chi connectivity index (χ1) is 6.42. The van der Waals surface area contributed by atoms with E-state index in [4.69, 9.17) is 0 Å². The van der Waals surface area contributed by atoms with Gasteiger partial charge in [-0.05, 0) is 0 Å². The van der Waals surface area contributed by atoms with Gasteiger partial charge in [0.1, 0.15) is 0 Å². The summed E-state index contributed by atoms with van der Waals surface area (Å²) in [6.45, 7) is -5.08. The summed E-state index contributed by atoms with van der Waals surface area (Å²) in [5.74, 6) is -0.0235. The first-order valence-electron chi connectivity index (χ1n) is 3.75. The predicted molar refractivity (Wildman–Crippen MR) is 44.1 cm³/mol. The van der Waals surface area contributed by atoms with E-state index in [1.165, 1.54) is 13.2 Å². The lowest BCUT2D eigenvalue weighted by molar-refractivity contribution is 0.371. The Balaban J connectivity index is 3.01. The van der Waals surface area contributed by atoms with Crippen LogP contribution in [-0.4, -0.2) is 23.9 Å². The van der Waals surface area contributed by atoms with Crippen LogP contribution in [0, 0.1) is 0 Å². The molecule has 0 bridgehead atoms. The third-order valence-electron chi connectivity index (χ3n) is 1.43. The molecule has 14 heavy (non-hydrogen) atoms. The minimum Gasteiger partial charge on any atom is -0.480 e. The van der Waals surface area contributed by atoms with Crippen molar-refractivity contribution in [1.82, 2.24) is 9.78 Å². The largest absolute Gasteiger partial charge is 0.499 e. The second-order valence-corrected chi connectivity index (χ2v) is 2.61. The van der Waals surface area contributed by atoms with Gasteiger partial charge in [0, 0.05) is 18.6 Å². The molecule has 0 saturated heterocycles. The Morgan fingerprint density at radius 3 is 2.64 bits per heavy atom. The monoisotopic (exact) mass is 207 g/mol. The van der Waals surface area contributed by atoms with Gasteiger partial charge < -0.3 is 17.7 Å². The van der Waals surface area contributed by atoms with E-state index in [9.17, 15) is 17.7 Å². The molecule has 1 aromatic rings. The van der Waals surface area contributed by atoms with Gasteiger partial charge in [0.15, 0.2) is 0 Å². The summed E-state index contributed by atoms with van der Waals surface area (Å²) >= 11 is 0. The number of ether oxygens (including phenoxy) is 1. The summed E-state index contributed by atoms with van der Waals surface area (Å²) in [6, 6.07) is 2.19. The fourth-order valence-corrected chi connectivity index (χ4v) is 0.866. The smallest absolute Gasteiger partial charge is 0.480 e. The summed E-state index contributed by atoms with van der Waals surface area (Å²) in [6.07, 6.45) is -1.35. The summed E-state index contributed by atoms with van der Waals surface area (Å²) in [4.78, 5) is 10.9. The normalized spacial score (nSPS) is 11.4. The van der Waals surface area contributed by atoms with Crippen LogP contribution in [0.4, 0.5) is 12.9 Å². The first kappa shape index (κ1) is 10.6. The van der Waals surface area contributed by atoms with E-state index in [-0.39, 0.29) is 5.88 Å². The van der Waals surface area contributed by atoms with Gasteiger partial charge in [0.05, 0.1) is 7.11 Å². The number of rotatable bonds is 3. The van der Waals surface area contributed by atoms with Crippen molar-refractivity contribution in [3.63, 3.8) is 0 Å². The maximum atomic E-state index is 12.0. The van der Waals surface area contributed by atoms with Gasteiger partial charge in [-0.15, -0.1) is 5.10 Å². The highest BCUT2D eigenvalue weighted by molar-refractivity contribution is 6.57. The zero-order valence-electron chi connectivity index (χ0n) is 7.28. The van der Waals surface area contributed by atoms with Crippen LogP contribution in [0.25, 0.3) is 0 Å². The fourth-order valence-electron chi connectivity index (χ4n) is 0.866. The maximum Gasteiger partial charge on any atom is 0.499 e. The van der Waals surface area contributed by atoms with Gasteiger partial charge >= 0.3 is 6.98 Å². The number of hydrogen-bond acceptors (Lipinski definition) is 3. The van der Waals surface area contributed by atoms with Crippen LogP contribution in [-0.2, 0) is 6.44 Å². The lowest BCUT2D eigenvalue weighted by Gasteiger charge is -2.14. The van der Waals surface area contributed by atoms with Crippen molar-refractivity contribution in [3.05, 3.63) is 22.5 Å². The molecule has 0 fully saturated rings. The molecule has 4 nitrogen and oxygen atoms in total. The van der Waals surface area contributed by atoms with Crippen LogP contribution in [0.2, 0.25) is 0 Å². The molecule has 78 valence electrons. The van der Waals surface area contributed by atoms with Gasteiger partial charge in [0.25, 0.3) is 5.56 Å². The molecule has 0 spiro atoms. The Kier molecular flexibility index (Phi) is 2.83. The lowest BCUT2D eigenvalue weighted by atomic mass is 9.93. The fraction of sp³-hybridized carbons (Fsp3) is 0.333. The second kappa shape index (κ2) is 3.73. The highest BCUT2D eigenvalue weighted by atomic mass is 19.4. The van der Waals surface area contributed by atoms with E-state index in [1.54, 1.807) is 0 Å². The standard InChI is InChI=1S/C6H7BF3N2O2/c1-14-5-2-3-6(13)12(11-5)4-7(8,9)10/h2-3H,4H2,1H3/q-1. The van der Waals surface area contributed by atoms with Crippen molar-refractivity contribution < 1.29 is 17.7 Å². The second-order valence-electron chi connectivity index (χ2n) is 2.61. The van der Waals surface area contributed by atoms with E-state index in [0.717, 1.165) is 6.07 Å². The van der Waals surface area contributed by atoms with Crippen molar-refractivity contribution in [3.8, 4) is 5.88 Å². The minimum atomic E-state index is -5.08. The van der Waals surface area contributed by atoms with Crippen LogP contribution in [0.5, 0.6) is 5.88 Å². The highest BCUT2D eigenvalue weighted by Gasteiger charge is 2.24. The number of halogens is 3. The Morgan fingerprint density at radius 1 is 1.50 bits per heavy atom. The molecule has 0 N–H and O–H groups in total. The van der Waals surface area contributed by atoms with Crippen LogP contribution >= 0.6 is 0 Å². The molecule has 8 heteroatoms. The average molecular weight is 207 g/mol. The lowest BCUT2D eigenvalue weighted by Crippen LogP contribution is -2.33. The highest BCUT2D eigenvalue weighted by Crippen LogP contribution is 2.10.